The van der Waals surface area contributed by atoms with Crippen LogP contribution in [0.4, 0.5) is 5.82 Å². The third kappa shape index (κ3) is 3.36. The minimum absolute atomic E-state index is 0.104. The molecule has 0 amide bonds. The lowest BCUT2D eigenvalue weighted by Crippen LogP contribution is -2.18. The maximum absolute atomic E-state index is 13.1. The fourth-order valence-corrected chi connectivity index (χ4v) is 4.25. The maximum atomic E-state index is 13.1. The molecule has 27 heavy (non-hydrogen) atoms. The zero-order valence-corrected chi connectivity index (χ0v) is 15.6. The van der Waals surface area contributed by atoms with Gasteiger partial charge in [-0.2, -0.15) is 5.26 Å². The van der Waals surface area contributed by atoms with Crippen molar-refractivity contribution < 1.29 is 8.42 Å². The van der Waals surface area contributed by atoms with Gasteiger partial charge in [-0.05, 0) is 44.0 Å². The summed E-state index contributed by atoms with van der Waals surface area (Å²) in [5.74, 6) is 0.374. The molecule has 1 aromatic heterocycles. The summed E-state index contributed by atoms with van der Waals surface area (Å²) in [7, 11) is -3.93. The van der Waals surface area contributed by atoms with Gasteiger partial charge in [-0.25, -0.2) is 18.4 Å². The molecule has 4 rings (SSSR count). The van der Waals surface area contributed by atoms with Gasteiger partial charge < -0.3 is 5.32 Å². The Hall–Kier alpha value is -2.98. The molecule has 6 nitrogen and oxygen atoms in total. The number of nitrogens with one attached hydrogen (secondary N) is 1. The van der Waals surface area contributed by atoms with Crippen LogP contribution in [-0.4, -0.2) is 24.4 Å². The van der Waals surface area contributed by atoms with Gasteiger partial charge in [0.25, 0.3) is 0 Å². The molecule has 1 N–H and O–H groups in total. The first-order valence-electron chi connectivity index (χ1n) is 8.72. The lowest BCUT2D eigenvalue weighted by molar-refractivity contribution is 0.590. The van der Waals surface area contributed by atoms with Gasteiger partial charge in [0, 0.05) is 6.04 Å². The van der Waals surface area contributed by atoms with Crippen LogP contribution in [0.2, 0.25) is 0 Å². The van der Waals surface area contributed by atoms with E-state index in [4.69, 9.17) is 0 Å². The molecule has 136 valence electrons. The van der Waals surface area contributed by atoms with Crippen LogP contribution in [0.5, 0.6) is 0 Å². The summed E-state index contributed by atoms with van der Waals surface area (Å²) in [6, 6.07) is 15.9. The Morgan fingerprint density at radius 1 is 1.07 bits per heavy atom. The maximum Gasteiger partial charge on any atom is 0.200 e. The quantitative estimate of drug-likeness (QED) is 0.729. The molecule has 2 aromatic carbocycles. The molecule has 1 heterocycles. The van der Waals surface area contributed by atoms with Gasteiger partial charge >= 0.3 is 0 Å². The molecule has 0 unspecified atom stereocenters. The number of aryl methyl sites for hydroxylation is 1. The van der Waals surface area contributed by atoms with Crippen molar-refractivity contribution in [3.63, 3.8) is 0 Å². The normalized spacial score (nSPS) is 15.3. The van der Waals surface area contributed by atoms with Gasteiger partial charge in [-0.1, -0.05) is 29.8 Å². The van der Waals surface area contributed by atoms with Crippen molar-refractivity contribution in [2.45, 2.75) is 36.0 Å². The van der Waals surface area contributed by atoms with Crippen molar-refractivity contribution in [2.24, 2.45) is 0 Å². The molecule has 0 aliphatic heterocycles. The standard InChI is InChI=1S/C20H18N4O2S/c1-13-6-10-15(11-7-13)27(25,26)18(12-21)19-20(22-14-8-9-14)24-17-5-3-2-4-16(17)23-19/h2-7,10-11,14,18H,8-9H2,1H3,(H,22,24)/t18-/m0/s1. The fourth-order valence-electron chi connectivity index (χ4n) is 2.87. The van der Waals surface area contributed by atoms with E-state index in [1.807, 2.05) is 31.2 Å². The number of hydrogen-bond acceptors (Lipinski definition) is 6. The first kappa shape index (κ1) is 17.4. The summed E-state index contributed by atoms with van der Waals surface area (Å²) in [6.45, 7) is 1.88. The highest BCUT2D eigenvalue weighted by molar-refractivity contribution is 7.92. The first-order valence-corrected chi connectivity index (χ1v) is 10.3. The van der Waals surface area contributed by atoms with E-state index >= 15 is 0 Å². The van der Waals surface area contributed by atoms with Crippen molar-refractivity contribution in [3.05, 3.63) is 59.8 Å². The number of nitrogens with zero attached hydrogens (tertiary/aromatic N) is 3. The molecule has 0 radical (unpaired) electrons. The van der Waals surface area contributed by atoms with Crippen LogP contribution in [-0.2, 0) is 9.84 Å². The largest absolute Gasteiger partial charge is 0.366 e. The first-order chi connectivity index (χ1) is 13.0. The Kier molecular flexibility index (Phi) is 4.28. The molecule has 1 aliphatic carbocycles. The van der Waals surface area contributed by atoms with Crippen molar-refractivity contribution in [2.75, 3.05) is 5.32 Å². The Bertz CT molecular complexity index is 1150. The van der Waals surface area contributed by atoms with E-state index in [0.717, 1.165) is 18.4 Å². The van der Waals surface area contributed by atoms with E-state index < -0.39 is 15.1 Å². The number of hydrogen-bond donors (Lipinski definition) is 1. The van der Waals surface area contributed by atoms with Crippen LogP contribution >= 0.6 is 0 Å². The highest BCUT2D eigenvalue weighted by Crippen LogP contribution is 2.34. The van der Waals surface area contributed by atoms with E-state index in [0.29, 0.717) is 16.9 Å². The van der Waals surface area contributed by atoms with Gasteiger partial charge in [0.2, 0.25) is 9.84 Å². The second-order valence-corrected chi connectivity index (χ2v) is 8.76. The predicted molar refractivity (Wildman–Crippen MR) is 103 cm³/mol. The summed E-state index contributed by atoms with van der Waals surface area (Å²) in [5.41, 5.74) is 2.33. The number of fused-ring (bicyclic) bond motifs is 1. The number of sulfone groups is 1. The minimum atomic E-state index is -3.93. The number of aromatic nitrogens is 2. The molecule has 1 saturated carbocycles. The van der Waals surface area contributed by atoms with E-state index in [1.165, 1.54) is 12.1 Å². The molecular formula is C20H18N4O2S. The van der Waals surface area contributed by atoms with Crippen molar-refractivity contribution in [1.82, 2.24) is 9.97 Å². The van der Waals surface area contributed by atoms with Crippen LogP contribution in [0.15, 0.2) is 53.4 Å². The zero-order chi connectivity index (χ0) is 19.0. The average molecular weight is 378 g/mol. The molecule has 0 saturated heterocycles. The number of para-hydroxylation sites is 2. The van der Waals surface area contributed by atoms with Gasteiger partial charge in [-0.3, -0.25) is 0 Å². The summed E-state index contributed by atoms with van der Waals surface area (Å²) < 4.78 is 26.3. The van der Waals surface area contributed by atoms with Crippen molar-refractivity contribution >= 4 is 26.7 Å². The second kappa shape index (κ2) is 6.63. The van der Waals surface area contributed by atoms with Crippen LogP contribution in [0, 0.1) is 18.3 Å². The van der Waals surface area contributed by atoms with Crippen molar-refractivity contribution in [3.8, 4) is 6.07 Å². The van der Waals surface area contributed by atoms with Gasteiger partial charge in [0.05, 0.1) is 22.0 Å². The number of rotatable bonds is 5. The third-order valence-corrected chi connectivity index (χ3v) is 6.42. The third-order valence-electron chi connectivity index (χ3n) is 4.54. The molecule has 1 aliphatic rings. The summed E-state index contributed by atoms with van der Waals surface area (Å²) in [6.07, 6.45) is 1.99. The Morgan fingerprint density at radius 3 is 2.30 bits per heavy atom. The smallest absolute Gasteiger partial charge is 0.200 e. The highest BCUT2D eigenvalue weighted by atomic mass is 32.2. The Morgan fingerprint density at radius 2 is 1.70 bits per heavy atom. The van der Waals surface area contributed by atoms with Crippen LogP contribution in [0.1, 0.15) is 29.3 Å². The van der Waals surface area contributed by atoms with Gasteiger partial charge in [0.1, 0.15) is 5.69 Å². The lowest BCUT2D eigenvalue weighted by atomic mass is 10.2. The zero-order valence-electron chi connectivity index (χ0n) is 14.8. The minimum Gasteiger partial charge on any atom is -0.366 e. The molecule has 1 atom stereocenters. The molecule has 0 spiro atoms. The molecule has 7 heteroatoms. The van der Waals surface area contributed by atoms with Gasteiger partial charge in [-0.15, -0.1) is 0 Å². The monoisotopic (exact) mass is 378 g/mol. The Labute approximate surface area is 157 Å². The van der Waals surface area contributed by atoms with E-state index in [9.17, 15) is 13.7 Å². The summed E-state index contributed by atoms with van der Waals surface area (Å²) >= 11 is 0. The molecule has 3 aromatic rings. The van der Waals surface area contributed by atoms with Gasteiger partial charge in [0.15, 0.2) is 11.1 Å². The van der Waals surface area contributed by atoms with E-state index in [1.54, 1.807) is 18.2 Å². The molecule has 1 fully saturated rings. The van der Waals surface area contributed by atoms with Crippen LogP contribution in [0.25, 0.3) is 11.0 Å². The fraction of sp³-hybridized carbons (Fsp3) is 0.250. The lowest BCUT2D eigenvalue weighted by Gasteiger charge is -2.16. The number of anilines is 1. The topological polar surface area (TPSA) is 95.7 Å². The summed E-state index contributed by atoms with van der Waals surface area (Å²) in [4.78, 5) is 9.17. The highest BCUT2D eigenvalue weighted by Gasteiger charge is 2.35. The van der Waals surface area contributed by atoms with Crippen LogP contribution in [0.3, 0.4) is 0 Å². The molecule has 0 bridgehead atoms. The van der Waals surface area contributed by atoms with E-state index in [2.05, 4.69) is 15.3 Å². The number of nitriles is 1. The van der Waals surface area contributed by atoms with Crippen molar-refractivity contribution in [1.29, 1.82) is 5.26 Å². The average Bonchev–Trinajstić information content (AvgIpc) is 3.47. The SMILES string of the molecule is Cc1ccc(S(=O)(=O)[C@@H](C#N)c2nc3ccccc3nc2NC2CC2)cc1. The predicted octanol–water partition coefficient (Wildman–Crippen LogP) is 3.55. The number of benzene rings is 2. The van der Waals surface area contributed by atoms with E-state index in [-0.39, 0.29) is 16.6 Å². The molecular weight excluding hydrogens is 360 g/mol. The second-order valence-electron chi connectivity index (χ2n) is 6.73. The van der Waals surface area contributed by atoms with Crippen LogP contribution < -0.4 is 5.32 Å². The summed E-state index contributed by atoms with van der Waals surface area (Å²) in [5, 5.41) is 11.6. The Balaban J connectivity index is 1.87.